The van der Waals surface area contributed by atoms with Crippen LogP contribution in [-0.4, -0.2) is 65.2 Å². The van der Waals surface area contributed by atoms with E-state index in [1.165, 1.54) is 12.1 Å². The van der Waals surface area contributed by atoms with Crippen LogP contribution in [0.1, 0.15) is 59.2 Å². The number of anilines is 1. The molecule has 0 bridgehead atoms. The molecular weight excluding hydrogens is 521 g/mol. The Balaban J connectivity index is 1.25. The molecule has 0 radical (unpaired) electrons. The van der Waals surface area contributed by atoms with Gasteiger partial charge in [-0.1, -0.05) is 45.0 Å². The number of Topliss-reactive ketones (excluding diaryl/α,β-unsaturated/α-hetero) is 1. The summed E-state index contributed by atoms with van der Waals surface area (Å²) in [6, 6.07) is 16.9. The molecule has 2 aromatic carbocycles. The monoisotopic (exact) mass is 559 g/mol. The van der Waals surface area contributed by atoms with Crippen molar-refractivity contribution in [1.82, 2.24) is 20.1 Å². The molecule has 4 rings (SSSR count). The Morgan fingerprint density at radius 2 is 1.71 bits per heavy atom. The van der Waals surface area contributed by atoms with Gasteiger partial charge in [0.25, 0.3) is 5.91 Å². The lowest BCUT2D eigenvalue weighted by molar-refractivity contribution is 0.0627. The van der Waals surface area contributed by atoms with Gasteiger partial charge >= 0.3 is 6.03 Å². The smallest absolute Gasteiger partial charge is 0.319 e. The van der Waals surface area contributed by atoms with E-state index in [0.717, 1.165) is 22.9 Å². The lowest BCUT2D eigenvalue weighted by Gasteiger charge is -2.35. The van der Waals surface area contributed by atoms with Crippen LogP contribution in [0.5, 0.6) is 0 Å². The second-order valence-electron chi connectivity index (χ2n) is 11.6. The number of nitrogens with one attached hydrogen (secondary N) is 2. The van der Waals surface area contributed by atoms with Gasteiger partial charge in [-0.05, 0) is 47.4 Å². The highest BCUT2D eigenvalue weighted by Crippen LogP contribution is 2.23. The Labute approximate surface area is 241 Å². The maximum Gasteiger partial charge on any atom is 0.319 e. The highest BCUT2D eigenvalue weighted by molar-refractivity contribution is 5.97. The predicted molar refractivity (Wildman–Crippen MR) is 157 cm³/mol. The molecule has 3 amide bonds. The minimum Gasteiger partial charge on any atom is -0.337 e. The van der Waals surface area contributed by atoms with Crippen LogP contribution in [0.4, 0.5) is 14.9 Å². The SMILES string of the molecule is CC(C)(C)CC(=O)c1cccc(CN2CCN(C(=O)c3ccc(NC(=O)NCCc4ccccn4)c(F)c3)CC2)c1. The molecule has 2 N–H and O–H groups in total. The summed E-state index contributed by atoms with van der Waals surface area (Å²) in [5, 5.41) is 5.18. The zero-order valence-corrected chi connectivity index (χ0v) is 24.0. The van der Waals surface area contributed by atoms with E-state index < -0.39 is 11.8 Å². The number of hydrogen-bond donors (Lipinski definition) is 2. The van der Waals surface area contributed by atoms with Crippen molar-refractivity contribution in [3.05, 3.63) is 95.1 Å². The quantitative estimate of drug-likeness (QED) is 0.353. The molecule has 1 aliphatic heterocycles. The average molecular weight is 560 g/mol. The first-order chi connectivity index (χ1) is 19.6. The van der Waals surface area contributed by atoms with Crippen molar-refractivity contribution in [2.24, 2.45) is 5.41 Å². The summed E-state index contributed by atoms with van der Waals surface area (Å²) in [7, 11) is 0. The number of benzene rings is 2. The van der Waals surface area contributed by atoms with Crippen LogP contribution in [0, 0.1) is 11.2 Å². The van der Waals surface area contributed by atoms with Crippen molar-refractivity contribution in [2.45, 2.75) is 40.2 Å². The third kappa shape index (κ3) is 8.94. The molecule has 0 spiro atoms. The number of piperazine rings is 1. The fourth-order valence-electron chi connectivity index (χ4n) is 4.74. The molecule has 8 nitrogen and oxygen atoms in total. The summed E-state index contributed by atoms with van der Waals surface area (Å²) in [5.41, 5.74) is 2.82. The molecule has 3 aromatic rings. The van der Waals surface area contributed by atoms with E-state index in [1.54, 1.807) is 11.1 Å². The van der Waals surface area contributed by atoms with Crippen LogP contribution in [0.25, 0.3) is 0 Å². The lowest BCUT2D eigenvalue weighted by atomic mass is 9.87. The number of rotatable bonds is 9. The molecule has 2 heterocycles. The second kappa shape index (κ2) is 13.5. The Morgan fingerprint density at radius 1 is 0.927 bits per heavy atom. The Bertz CT molecular complexity index is 1370. The van der Waals surface area contributed by atoms with Crippen molar-refractivity contribution >= 4 is 23.4 Å². The van der Waals surface area contributed by atoms with Crippen LogP contribution in [0.2, 0.25) is 0 Å². The summed E-state index contributed by atoms with van der Waals surface area (Å²) < 4.78 is 14.8. The maximum atomic E-state index is 14.8. The van der Waals surface area contributed by atoms with E-state index >= 15 is 0 Å². The van der Waals surface area contributed by atoms with E-state index in [0.29, 0.717) is 52.1 Å². The maximum absolute atomic E-state index is 14.8. The van der Waals surface area contributed by atoms with E-state index in [-0.39, 0.29) is 28.4 Å². The number of aromatic nitrogens is 1. The first kappa shape index (κ1) is 29.9. The number of carbonyl (C=O) groups is 3. The number of ketones is 1. The predicted octanol–water partition coefficient (Wildman–Crippen LogP) is 5.16. The van der Waals surface area contributed by atoms with Crippen LogP contribution < -0.4 is 10.6 Å². The van der Waals surface area contributed by atoms with Gasteiger partial charge in [-0.25, -0.2) is 9.18 Å². The minimum atomic E-state index is -0.671. The van der Waals surface area contributed by atoms with Gasteiger partial charge in [0, 0.05) is 75.1 Å². The zero-order chi connectivity index (χ0) is 29.4. The standard InChI is InChI=1S/C32H38FN5O3/c1-32(2,3)21-29(39)24-8-6-7-23(19-24)22-37-15-17-38(18-16-37)30(40)25-10-11-28(27(33)20-25)36-31(41)35-14-12-26-9-4-5-13-34-26/h4-11,13,19-20H,12,14-18,21-22H2,1-3H3,(H2,35,36,41). The van der Waals surface area contributed by atoms with Crippen LogP contribution >= 0.6 is 0 Å². The molecule has 0 atom stereocenters. The fourth-order valence-corrected chi connectivity index (χ4v) is 4.74. The highest BCUT2D eigenvalue weighted by atomic mass is 19.1. The van der Waals surface area contributed by atoms with Gasteiger partial charge in [-0.2, -0.15) is 0 Å². The summed E-state index contributed by atoms with van der Waals surface area (Å²) in [5.74, 6) is -0.774. The molecule has 0 aliphatic carbocycles. The van der Waals surface area contributed by atoms with Gasteiger partial charge < -0.3 is 15.5 Å². The summed E-state index contributed by atoms with van der Waals surface area (Å²) in [4.78, 5) is 46.0. The number of halogens is 1. The molecule has 9 heteroatoms. The second-order valence-corrected chi connectivity index (χ2v) is 11.6. The van der Waals surface area contributed by atoms with Crippen molar-refractivity contribution in [2.75, 3.05) is 38.0 Å². The lowest BCUT2D eigenvalue weighted by Crippen LogP contribution is -2.48. The van der Waals surface area contributed by atoms with Gasteiger partial charge in [0.2, 0.25) is 0 Å². The van der Waals surface area contributed by atoms with Gasteiger partial charge in [-0.15, -0.1) is 0 Å². The minimum absolute atomic E-state index is 0.00455. The van der Waals surface area contributed by atoms with E-state index in [4.69, 9.17) is 0 Å². The number of pyridine rings is 1. The van der Waals surface area contributed by atoms with Crippen LogP contribution in [0.3, 0.4) is 0 Å². The molecule has 0 saturated carbocycles. The van der Waals surface area contributed by atoms with Gasteiger partial charge in [0.05, 0.1) is 5.69 Å². The molecular formula is C32H38FN5O3. The van der Waals surface area contributed by atoms with E-state index in [2.05, 4.69) is 41.3 Å². The third-order valence-corrected chi connectivity index (χ3v) is 6.86. The fraction of sp³-hybridized carbons (Fsp3) is 0.375. The number of nitrogens with zero attached hydrogens (tertiary/aromatic N) is 3. The Morgan fingerprint density at radius 3 is 2.39 bits per heavy atom. The first-order valence-electron chi connectivity index (χ1n) is 14.0. The molecule has 1 aromatic heterocycles. The molecule has 1 aliphatic rings. The normalized spacial score (nSPS) is 14.0. The van der Waals surface area contributed by atoms with Crippen molar-refractivity contribution in [1.29, 1.82) is 0 Å². The highest BCUT2D eigenvalue weighted by Gasteiger charge is 2.24. The van der Waals surface area contributed by atoms with Crippen molar-refractivity contribution < 1.29 is 18.8 Å². The number of urea groups is 1. The Hall–Kier alpha value is -4.11. The summed E-state index contributed by atoms with van der Waals surface area (Å²) >= 11 is 0. The largest absolute Gasteiger partial charge is 0.337 e. The van der Waals surface area contributed by atoms with Gasteiger partial charge in [-0.3, -0.25) is 19.5 Å². The Kier molecular flexibility index (Phi) is 9.83. The molecule has 216 valence electrons. The summed E-state index contributed by atoms with van der Waals surface area (Å²) in [6.45, 7) is 9.59. The summed E-state index contributed by atoms with van der Waals surface area (Å²) in [6.07, 6.45) is 2.74. The number of carbonyl (C=O) groups excluding carboxylic acids is 3. The van der Waals surface area contributed by atoms with E-state index in [9.17, 15) is 18.8 Å². The molecule has 1 fully saturated rings. The molecule has 1 saturated heterocycles. The van der Waals surface area contributed by atoms with Crippen LogP contribution in [0.15, 0.2) is 66.9 Å². The van der Waals surface area contributed by atoms with E-state index in [1.807, 2.05) is 42.5 Å². The average Bonchev–Trinajstić information content (AvgIpc) is 2.94. The zero-order valence-electron chi connectivity index (χ0n) is 24.0. The van der Waals surface area contributed by atoms with Crippen LogP contribution in [-0.2, 0) is 13.0 Å². The first-order valence-corrected chi connectivity index (χ1v) is 14.0. The number of hydrogen-bond acceptors (Lipinski definition) is 5. The number of amides is 3. The van der Waals surface area contributed by atoms with Gasteiger partial charge in [0.15, 0.2) is 5.78 Å². The topological polar surface area (TPSA) is 94.6 Å². The van der Waals surface area contributed by atoms with Crippen molar-refractivity contribution in [3.8, 4) is 0 Å². The molecule has 0 unspecified atom stereocenters. The molecule has 41 heavy (non-hydrogen) atoms. The van der Waals surface area contributed by atoms with Crippen molar-refractivity contribution in [3.63, 3.8) is 0 Å². The van der Waals surface area contributed by atoms with Gasteiger partial charge in [0.1, 0.15) is 5.82 Å². The third-order valence-electron chi connectivity index (χ3n) is 6.86.